The molecule has 0 atom stereocenters. The van der Waals surface area contributed by atoms with Gasteiger partial charge in [0.15, 0.2) is 0 Å². The lowest BCUT2D eigenvalue weighted by atomic mass is 10.0. The number of hydrogen-bond acceptors (Lipinski definition) is 6. The molecule has 0 aliphatic rings. The number of carbonyl (C=O) groups is 1. The van der Waals surface area contributed by atoms with Crippen LogP contribution in [0.1, 0.15) is 21.6 Å². The number of carbonyl (C=O) groups excluding carboxylic acids is 1. The van der Waals surface area contributed by atoms with Gasteiger partial charge in [-0.25, -0.2) is 22.1 Å². The number of amides is 1. The highest BCUT2D eigenvalue weighted by molar-refractivity contribution is 7.89. The number of fused-ring (bicyclic) bond motifs is 1. The van der Waals surface area contributed by atoms with Gasteiger partial charge in [0.25, 0.3) is 11.6 Å². The summed E-state index contributed by atoms with van der Waals surface area (Å²) < 4.78 is 45.8. The lowest BCUT2D eigenvalue weighted by Gasteiger charge is -2.15. The van der Waals surface area contributed by atoms with E-state index in [9.17, 15) is 17.6 Å². The summed E-state index contributed by atoms with van der Waals surface area (Å²) in [4.78, 5) is 17.7. The van der Waals surface area contributed by atoms with Crippen molar-refractivity contribution < 1.29 is 22.1 Å². The smallest absolute Gasteiger partial charge is 0.259 e. The molecule has 1 amide bonds. The minimum Gasteiger partial charge on any atom is -0.335 e. The van der Waals surface area contributed by atoms with E-state index in [1.54, 1.807) is 38.1 Å². The van der Waals surface area contributed by atoms with Gasteiger partial charge in [-0.2, -0.15) is 0 Å². The van der Waals surface area contributed by atoms with Crippen molar-refractivity contribution in [2.75, 3.05) is 19.4 Å². The highest BCUT2D eigenvalue weighted by Crippen LogP contribution is 2.30. The molecule has 4 aromatic rings. The van der Waals surface area contributed by atoms with E-state index in [1.165, 1.54) is 38.4 Å². The van der Waals surface area contributed by atoms with Crippen molar-refractivity contribution in [2.24, 2.45) is 0 Å². The van der Waals surface area contributed by atoms with Gasteiger partial charge in [-0.15, -0.1) is 0 Å². The monoisotopic (exact) mass is 468 g/mol. The lowest BCUT2D eigenvalue weighted by molar-refractivity contribution is 0.102. The molecule has 2 aromatic heterocycles. The zero-order valence-electron chi connectivity index (χ0n) is 18.4. The van der Waals surface area contributed by atoms with Gasteiger partial charge in [0.05, 0.1) is 27.2 Å². The first-order chi connectivity index (χ1) is 15.6. The predicted molar refractivity (Wildman–Crippen MR) is 122 cm³/mol. The summed E-state index contributed by atoms with van der Waals surface area (Å²) in [6.07, 6.45) is 0. The summed E-state index contributed by atoms with van der Waals surface area (Å²) in [6.45, 7) is 3.42. The molecular formula is C23H21FN4O4S. The van der Waals surface area contributed by atoms with Crippen molar-refractivity contribution in [1.29, 1.82) is 0 Å². The molecule has 2 aromatic carbocycles. The van der Waals surface area contributed by atoms with Crippen LogP contribution in [0.2, 0.25) is 0 Å². The average Bonchev–Trinajstić information content (AvgIpc) is 3.15. The number of nitrogens with zero attached hydrogens (tertiary/aromatic N) is 3. The van der Waals surface area contributed by atoms with E-state index in [4.69, 9.17) is 4.52 Å². The van der Waals surface area contributed by atoms with Crippen molar-refractivity contribution in [1.82, 2.24) is 14.4 Å². The molecule has 1 N–H and O–H groups in total. The number of benzene rings is 2. The zero-order chi connectivity index (χ0) is 23.9. The van der Waals surface area contributed by atoms with Crippen LogP contribution in [0.3, 0.4) is 0 Å². The number of halogens is 1. The topological polar surface area (TPSA) is 105 Å². The minimum atomic E-state index is -3.69. The van der Waals surface area contributed by atoms with Crippen molar-refractivity contribution >= 4 is 32.7 Å². The molecule has 170 valence electrons. The van der Waals surface area contributed by atoms with Gasteiger partial charge in [-0.1, -0.05) is 23.4 Å². The van der Waals surface area contributed by atoms with Gasteiger partial charge in [-0.05, 0) is 49.7 Å². The Morgan fingerprint density at radius 1 is 1.09 bits per heavy atom. The molecule has 2 heterocycles. The third kappa shape index (κ3) is 4.10. The third-order valence-electron chi connectivity index (χ3n) is 5.25. The Morgan fingerprint density at radius 2 is 1.82 bits per heavy atom. The highest BCUT2D eigenvalue weighted by atomic mass is 32.2. The second-order valence-electron chi connectivity index (χ2n) is 7.70. The van der Waals surface area contributed by atoms with Crippen molar-refractivity contribution in [3.8, 4) is 11.3 Å². The SMILES string of the molecule is Cc1ccc(S(=O)(=O)N(C)C)cc1NC(=O)c1cc(-c2ccccc2F)nc2onc(C)c12. The summed E-state index contributed by atoms with van der Waals surface area (Å²) >= 11 is 0. The molecule has 0 radical (unpaired) electrons. The summed E-state index contributed by atoms with van der Waals surface area (Å²) in [5.41, 5.74) is 2.14. The fourth-order valence-electron chi connectivity index (χ4n) is 3.38. The maximum absolute atomic E-state index is 14.4. The van der Waals surface area contributed by atoms with Crippen molar-refractivity contribution in [3.05, 3.63) is 71.2 Å². The Kier molecular flexibility index (Phi) is 5.73. The molecule has 0 fully saturated rings. The molecular weight excluding hydrogens is 447 g/mol. The van der Waals surface area contributed by atoms with Crippen LogP contribution < -0.4 is 5.32 Å². The quantitative estimate of drug-likeness (QED) is 0.472. The molecule has 0 saturated carbocycles. The van der Waals surface area contributed by atoms with Gasteiger partial charge in [0.2, 0.25) is 10.0 Å². The zero-order valence-corrected chi connectivity index (χ0v) is 19.2. The Balaban J connectivity index is 1.81. The molecule has 8 nitrogen and oxygen atoms in total. The highest BCUT2D eigenvalue weighted by Gasteiger charge is 2.22. The number of aromatic nitrogens is 2. The van der Waals surface area contributed by atoms with E-state index in [0.29, 0.717) is 22.3 Å². The summed E-state index contributed by atoms with van der Waals surface area (Å²) in [6, 6.07) is 12.0. The number of hydrogen-bond donors (Lipinski definition) is 1. The lowest BCUT2D eigenvalue weighted by Crippen LogP contribution is -2.22. The van der Waals surface area contributed by atoms with Gasteiger partial charge >= 0.3 is 0 Å². The predicted octanol–water partition coefficient (Wildman–Crippen LogP) is 4.15. The maximum Gasteiger partial charge on any atom is 0.259 e. The Labute approximate surface area is 190 Å². The van der Waals surface area contributed by atoms with E-state index < -0.39 is 21.7 Å². The Hall–Kier alpha value is -3.63. The number of nitrogens with one attached hydrogen (secondary N) is 1. The largest absolute Gasteiger partial charge is 0.335 e. The molecule has 0 aliphatic carbocycles. The second-order valence-corrected chi connectivity index (χ2v) is 9.85. The van der Waals surface area contributed by atoms with Gasteiger partial charge in [0, 0.05) is 25.3 Å². The number of anilines is 1. The van der Waals surface area contributed by atoms with Crippen molar-refractivity contribution in [2.45, 2.75) is 18.7 Å². The van der Waals surface area contributed by atoms with Crippen LogP contribution in [0.15, 0.2) is 57.9 Å². The third-order valence-corrected chi connectivity index (χ3v) is 7.06. The fraction of sp³-hybridized carbons (Fsp3) is 0.174. The minimum absolute atomic E-state index is 0.0430. The van der Waals surface area contributed by atoms with Crippen LogP contribution in [0.5, 0.6) is 0 Å². The van der Waals surface area contributed by atoms with E-state index in [-0.39, 0.29) is 27.4 Å². The molecule has 33 heavy (non-hydrogen) atoms. The maximum atomic E-state index is 14.4. The molecule has 0 aliphatic heterocycles. The van der Waals surface area contributed by atoms with Crippen molar-refractivity contribution in [3.63, 3.8) is 0 Å². The molecule has 0 bridgehead atoms. The van der Waals surface area contributed by atoms with E-state index in [2.05, 4.69) is 15.5 Å². The molecule has 0 unspecified atom stereocenters. The fourth-order valence-corrected chi connectivity index (χ4v) is 4.31. The first-order valence-corrected chi connectivity index (χ1v) is 11.4. The summed E-state index contributed by atoms with van der Waals surface area (Å²) in [5, 5.41) is 7.05. The Bertz CT molecular complexity index is 1500. The van der Waals surface area contributed by atoms with E-state index in [0.717, 1.165) is 4.31 Å². The second kappa shape index (κ2) is 8.38. The van der Waals surface area contributed by atoms with Crippen LogP contribution in [-0.4, -0.2) is 42.9 Å². The number of sulfonamides is 1. The summed E-state index contributed by atoms with van der Waals surface area (Å²) in [7, 11) is -0.830. The van der Waals surface area contributed by atoms with Crippen LogP contribution in [-0.2, 0) is 10.0 Å². The number of aryl methyl sites for hydroxylation is 2. The Morgan fingerprint density at radius 3 is 2.52 bits per heavy atom. The molecule has 4 rings (SSSR count). The molecule has 10 heteroatoms. The van der Waals surface area contributed by atoms with Crippen LogP contribution in [0.25, 0.3) is 22.4 Å². The molecule has 0 saturated heterocycles. The van der Waals surface area contributed by atoms with Crippen LogP contribution >= 0.6 is 0 Å². The van der Waals surface area contributed by atoms with Gasteiger partial charge in [0.1, 0.15) is 5.82 Å². The van der Waals surface area contributed by atoms with E-state index >= 15 is 0 Å². The first kappa shape index (κ1) is 22.6. The number of pyridine rings is 1. The standard InChI is InChI=1S/C23H21FN4O4S/c1-13-9-10-15(33(30,31)28(3)4)11-19(13)25-22(29)17-12-20(16-7-5-6-8-18(16)24)26-23-21(17)14(2)27-32-23/h5-12H,1-4H3,(H,25,29). The normalized spacial score (nSPS) is 11.8. The van der Waals surface area contributed by atoms with Gasteiger partial charge in [-0.3, -0.25) is 4.79 Å². The number of rotatable bonds is 5. The van der Waals surface area contributed by atoms with E-state index in [1.807, 2.05) is 0 Å². The van der Waals surface area contributed by atoms with Crippen LogP contribution in [0.4, 0.5) is 10.1 Å². The van der Waals surface area contributed by atoms with Gasteiger partial charge < -0.3 is 9.84 Å². The van der Waals surface area contributed by atoms with Crippen LogP contribution in [0, 0.1) is 19.7 Å². The average molecular weight is 469 g/mol. The molecule has 0 spiro atoms. The first-order valence-electron chi connectivity index (χ1n) is 9.96. The summed E-state index contributed by atoms with van der Waals surface area (Å²) in [5.74, 6) is -1.03.